The van der Waals surface area contributed by atoms with Gasteiger partial charge in [0.05, 0.1) is 11.4 Å². The Hall–Kier alpha value is -1.56. The third-order valence-electron chi connectivity index (χ3n) is 4.17. The molecule has 0 amide bonds. The zero-order valence-electron chi connectivity index (χ0n) is 14.1. The van der Waals surface area contributed by atoms with E-state index in [9.17, 15) is 8.42 Å². The number of hydrogen-bond acceptors (Lipinski definition) is 3. The van der Waals surface area contributed by atoms with E-state index < -0.39 is 15.1 Å². The molecule has 0 aliphatic carbocycles. The van der Waals surface area contributed by atoms with Gasteiger partial charge in [-0.3, -0.25) is 0 Å². The maximum atomic E-state index is 12.9. The van der Waals surface area contributed by atoms with Crippen molar-refractivity contribution in [1.82, 2.24) is 0 Å². The number of hydrogen-bond donors (Lipinski definition) is 1. The lowest BCUT2D eigenvalue weighted by Gasteiger charge is -2.22. The molecule has 3 N–H and O–H groups in total. The minimum atomic E-state index is -3.50. The molecule has 0 spiro atoms. The summed E-state index contributed by atoms with van der Waals surface area (Å²) in [4.78, 5) is 2.49. The molecule has 4 nitrogen and oxygen atoms in total. The van der Waals surface area contributed by atoms with Crippen LogP contribution in [0.2, 0.25) is 5.02 Å². The first-order valence-corrected chi connectivity index (χ1v) is 10.00. The van der Waals surface area contributed by atoms with Crippen molar-refractivity contribution in [3.8, 4) is 0 Å². The molecule has 0 saturated carbocycles. The van der Waals surface area contributed by atoms with Gasteiger partial charge in [-0.2, -0.15) is 0 Å². The van der Waals surface area contributed by atoms with Crippen molar-refractivity contribution in [2.24, 2.45) is 0 Å². The highest BCUT2D eigenvalue weighted by Gasteiger charge is 2.29. The zero-order valence-corrected chi connectivity index (χ0v) is 15.6. The predicted molar refractivity (Wildman–Crippen MR) is 99.1 cm³/mol. The Morgan fingerprint density at radius 1 is 1.00 bits per heavy atom. The van der Waals surface area contributed by atoms with E-state index in [2.05, 4.69) is 24.5 Å². The Balaban J connectivity index is 2.35. The average molecular weight is 368 g/mol. The molecule has 0 bridgehead atoms. The van der Waals surface area contributed by atoms with E-state index in [0.717, 1.165) is 24.3 Å². The molecule has 2 rings (SSSR count). The number of rotatable bonds is 7. The first-order chi connectivity index (χ1) is 11.4. The summed E-state index contributed by atoms with van der Waals surface area (Å²) in [5.74, 6) is 0. The molecule has 0 unspecified atom stereocenters. The van der Waals surface area contributed by atoms with Crippen molar-refractivity contribution in [3.05, 3.63) is 59.1 Å². The molecule has 1 atom stereocenters. The van der Waals surface area contributed by atoms with Gasteiger partial charge in [-0.05, 0) is 55.8 Å². The molecule has 130 valence electrons. The maximum Gasteiger partial charge on any atom is 0.190 e. The highest BCUT2D eigenvalue weighted by molar-refractivity contribution is 7.91. The van der Waals surface area contributed by atoms with E-state index in [0.29, 0.717) is 5.02 Å². The van der Waals surface area contributed by atoms with Crippen LogP contribution >= 0.6 is 11.6 Å². The number of nitrogens with zero attached hydrogens (tertiary/aromatic N) is 1. The normalized spacial score (nSPS) is 12.8. The summed E-state index contributed by atoms with van der Waals surface area (Å²) < 4.78 is 25.8. The maximum absolute atomic E-state index is 12.9. The molecule has 0 aromatic heterocycles. The van der Waals surface area contributed by atoms with Crippen LogP contribution in [0.25, 0.3) is 0 Å². The molecule has 0 radical (unpaired) electrons. The van der Waals surface area contributed by atoms with Crippen LogP contribution < -0.4 is 10.6 Å². The van der Waals surface area contributed by atoms with Crippen LogP contribution in [0.1, 0.15) is 24.7 Å². The molecule has 0 aliphatic rings. The van der Waals surface area contributed by atoms with Crippen molar-refractivity contribution < 1.29 is 14.2 Å². The number of anilines is 1. The van der Waals surface area contributed by atoms with Gasteiger partial charge in [0, 0.05) is 23.8 Å². The summed E-state index contributed by atoms with van der Waals surface area (Å²) in [6.07, 6.45) is 0. The number of benzene rings is 2. The Morgan fingerprint density at radius 3 is 2.00 bits per heavy atom. The zero-order chi connectivity index (χ0) is 17.7. The molecule has 0 saturated heterocycles. The van der Waals surface area contributed by atoms with Gasteiger partial charge in [0.1, 0.15) is 5.25 Å². The van der Waals surface area contributed by atoms with E-state index >= 15 is 0 Å². The van der Waals surface area contributed by atoms with Gasteiger partial charge in [0.15, 0.2) is 9.84 Å². The second kappa shape index (κ2) is 8.01. The lowest BCUT2D eigenvalue weighted by molar-refractivity contribution is -0.367. The highest BCUT2D eigenvalue weighted by Crippen LogP contribution is 2.29. The van der Waals surface area contributed by atoms with E-state index in [1.807, 2.05) is 24.3 Å². The first-order valence-electron chi connectivity index (χ1n) is 8.07. The Morgan fingerprint density at radius 2 is 1.54 bits per heavy atom. The summed E-state index contributed by atoms with van der Waals surface area (Å²) in [5, 5.41) is -0.145. The Bertz CT molecular complexity index is 755. The van der Waals surface area contributed by atoms with Gasteiger partial charge < -0.3 is 10.6 Å². The molecule has 24 heavy (non-hydrogen) atoms. The fraction of sp³-hybridized carbons (Fsp3) is 0.333. The van der Waals surface area contributed by atoms with E-state index in [-0.39, 0.29) is 11.4 Å². The second-order valence-corrected chi connectivity index (χ2v) is 8.11. The number of sulfone groups is 1. The molecule has 0 heterocycles. The van der Waals surface area contributed by atoms with Crippen LogP contribution in [0.5, 0.6) is 0 Å². The lowest BCUT2D eigenvalue weighted by atomic mass is 10.1. The summed E-state index contributed by atoms with van der Waals surface area (Å²) in [5.41, 5.74) is 5.70. The summed E-state index contributed by atoms with van der Waals surface area (Å²) in [6, 6.07) is 14.0. The van der Waals surface area contributed by atoms with Gasteiger partial charge >= 0.3 is 0 Å². The SMILES string of the molecule is CCN(CC)c1ccc([C@H](C[NH3+])S(=O)(=O)c2ccc(Cl)cc2)cc1. The minimum absolute atomic E-state index is 0.272. The fourth-order valence-corrected chi connectivity index (χ4v) is 4.57. The van der Waals surface area contributed by atoms with Crippen LogP contribution in [0.15, 0.2) is 53.4 Å². The molecular formula is C18H24ClN2O2S+. The average Bonchev–Trinajstić information content (AvgIpc) is 2.58. The highest BCUT2D eigenvalue weighted by atomic mass is 35.5. The van der Waals surface area contributed by atoms with Gasteiger partial charge in [-0.25, -0.2) is 8.42 Å². The van der Waals surface area contributed by atoms with Crippen molar-refractivity contribution in [2.45, 2.75) is 24.0 Å². The number of quaternary nitrogens is 1. The fourth-order valence-electron chi connectivity index (χ4n) is 2.78. The minimum Gasteiger partial charge on any atom is -0.372 e. The van der Waals surface area contributed by atoms with Crippen LogP contribution in [-0.2, 0) is 9.84 Å². The molecule has 6 heteroatoms. The monoisotopic (exact) mass is 367 g/mol. The lowest BCUT2D eigenvalue weighted by Crippen LogP contribution is -2.54. The third kappa shape index (κ3) is 3.91. The largest absolute Gasteiger partial charge is 0.372 e. The number of halogens is 1. The first kappa shape index (κ1) is 18.8. The van der Waals surface area contributed by atoms with Gasteiger partial charge in [-0.1, -0.05) is 23.7 Å². The van der Waals surface area contributed by atoms with E-state index in [1.54, 1.807) is 24.3 Å². The topological polar surface area (TPSA) is 65.0 Å². The molecule has 0 fully saturated rings. The van der Waals surface area contributed by atoms with E-state index in [1.165, 1.54) is 0 Å². The van der Waals surface area contributed by atoms with Gasteiger partial charge in [0.25, 0.3) is 0 Å². The molecule has 2 aromatic rings. The van der Waals surface area contributed by atoms with Crippen molar-refractivity contribution in [1.29, 1.82) is 0 Å². The smallest absolute Gasteiger partial charge is 0.190 e. The summed E-state index contributed by atoms with van der Waals surface area (Å²) in [7, 11) is -3.50. The van der Waals surface area contributed by atoms with Crippen LogP contribution in [-0.4, -0.2) is 28.1 Å². The van der Waals surface area contributed by atoms with Gasteiger partial charge in [-0.15, -0.1) is 0 Å². The van der Waals surface area contributed by atoms with Crippen LogP contribution in [0, 0.1) is 0 Å². The van der Waals surface area contributed by atoms with Crippen molar-refractivity contribution in [2.75, 3.05) is 24.5 Å². The van der Waals surface area contributed by atoms with Crippen molar-refractivity contribution in [3.63, 3.8) is 0 Å². The quantitative estimate of drug-likeness (QED) is 0.818. The molecular weight excluding hydrogens is 344 g/mol. The van der Waals surface area contributed by atoms with Crippen LogP contribution in [0.3, 0.4) is 0 Å². The third-order valence-corrected chi connectivity index (χ3v) is 6.61. The van der Waals surface area contributed by atoms with Gasteiger partial charge in [0.2, 0.25) is 0 Å². The summed E-state index contributed by atoms with van der Waals surface area (Å²) in [6.45, 7) is 6.30. The standard InChI is InChI=1S/C18H23ClN2O2S/c1-3-21(4-2)16-9-5-14(6-10-16)18(13-20)24(22,23)17-11-7-15(19)8-12-17/h5-12,18H,3-4,13,20H2,1-2H3/p+1/t18-/m0/s1. The second-order valence-electron chi connectivity index (χ2n) is 5.54. The Kier molecular flexibility index (Phi) is 6.27. The Labute approximate surface area is 149 Å². The predicted octanol–water partition coefficient (Wildman–Crippen LogP) is 2.94. The molecule has 0 aliphatic heterocycles. The summed E-state index contributed by atoms with van der Waals surface area (Å²) >= 11 is 5.85. The van der Waals surface area contributed by atoms with Crippen molar-refractivity contribution >= 4 is 27.1 Å². The van der Waals surface area contributed by atoms with E-state index in [4.69, 9.17) is 11.6 Å². The van der Waals surface area contributed by atoms with Crippen LogP contribution in [0.4, 0.5) is 5.69 Å². The molecule has 2 aromatic carbocycles.